The fraction of sp³-hybridized carbons (Fsp3) is 0.385. The average Bonchev–Trinajstić information content (AvgIpc) is 2.55. The zero-order valence-electron chi connectivity index (χ0n) is 19.6. The summed E-state index contributed by atoms with van der Waals surface area (Å²) >= 11 is 0. The zero-order valence-corrected chi connectivity index (χ0v) is 19.6. The molecule has 0 aliphatic rings. The molecule has 29 heavy (non-hydrogen) atoms. The molecular weight excluding hydrogens is 360 g/mol. The molecule has 0 saturated heterocycles. The standard InChI is InChI=1S/C11H18O.C10H14O.C5H8O/c1-6-10(9(4)5)11(12)7-8(2)3;1-8(2)5-6-10(7-11)9(3)4;1-5(2)3-4-6/h6-7,10-12H,1,4H2,2-3,5H3;5-7H,3H2,1-2,4H3;3-4H,1-2H3/b;10-6-;. The largest absolute Gasteiger partial charge is 0.388 e. The molecule has 0 fully saturated rings. The van der Waals surface area contributed by atoms with Crippen molar-refractivity contribution in [2.24, 2.45) is 5.92 Å². The molecule has 2 atom stereocenters. The quantitative estimate of drug-likeness (QED) is 0.219. The summed E-state index contributed by atoms with van der Waals surface area (Å²) in [5.41, 5.74) is 5.73. The van der Waals surface area contributed by atoms with Crippen molar-refractivity contribution >= 4 is 12.6 Å². The van der Waals surface area contributed by atoms with Gasteiger partial charge in [0.2, 0.25) is 0 Å². The number of aliphatic hydroxyl groups is 1. The average molecular weight is 401 g/mol. The molecule has 3 heteroatoms. The zero-order chi connectivity index (χ0) is 23.6. The first-order valence-corrected chi connectivity index (χ1v) is 9.49. The second-order valence-corrected chi connectivity index (χ2v) is 7.49. The van der Waals surface area contributed by atoms with Crippen LogP contribution in [0.15, 0.2) is 83.6 Å². The lowest BCUT2D eigenvalue weighted by Gasteiger charge is -2.16. The van der Waals surface area contributed by atoms with E-state index in [0.717, 1.165) is 34.9 Å². The number of carbonyl (C=O) groups is 2. The third kappa shape index (κ3) is 21.6. The lowest BCUT2D eigenvalue weighted by atomic mass is 9.94. The van der Waals surface area contributed by atoms with E-state index in [1.54, 1.807) is 12.2 Å². The molecule has 0 bridgehead atoms. The molecule has 0 spiro atoms. The predicted octanol–water partition coefficient (Wildman–Crippen LogP) is 6.50. The second-order valence-electron chi connectivity index (χ2n) is 7.49. The van der Waals surface area contributed by atoms with Crippen LogP contribution < -0.4 is 0 Å². The van der Waals surface area contributed by atoms with Gasteiger partial charge in [-0.1, -0.05) is 59.8 Å². The number of hydrogen-bond acceptors (Lipinski definition) is 3. The van der Waals surface area contributed by atoms with Crippen molar-refractivity contribution in [3.63, 3.8) is 0 Å². The maximum Gasteiger partial charge on any atom is 0.150 e. The molecule has 0 aliphatic heterocycles. The van der Waals surface area contributed by atoms with Crippen molar-refractivity contribution in [2.45, 2.75) is 61.5 Å². The van der Waals surface area contributed by atoms with Crippen molar-refractivity contribution in [3.05, 3.63) is 83.6 Å². The van der Waals surface area contributed by atoms with E-state index in [1.165, 1.54) is 11.6 Å². The van der Waals surface area contributed by atoms with Gasteiger partial charge in [-0.25, -0.2) is 0 Å². The van der Waals surface area contributed by atoms with E-state index in [2.05, 4.69) is 19.7 Å². The third-order valence-corrected chi connectivity index (χ3v) is 3.31. The Bertz CT molecular complexity index is 658. The SMILES string of the molecule is C=C(C)/C(C=O)=C\C=C(C)C.C=CC(C(=C)C)C(O)C=C(C)C.CC(C)=CC=O. The van der Waals surface area contributed by atoms with E-state index < -0.39 is 6.10 Å². The molecule has 0 aromatic carbocycles. The lowest BCUT2D eigenvalue weighted by molar-refractivity contribution is -0.105. The molecule has 0 amide bonds. The van der Waals surface area contributed by atoms with Crippen LogP contribution in [-0.4, -0.2) is 23.8 Å². The lowest BCUT2D eigenvalue weighted by Crippen LogP contribution is -2.16. The number of hydrogen-bond donors (Lipinski definition) is 1. The van der Waals surface area contributed by atoms with Gasteiger partial charge in [0.25, 0.3) is 0 Å². The first-order valence-electron chi connectivity index (χ1n) is 9.49. The molecule has 0 saturated carbocycles. The van der Waals surface area contributed by atoms with E-state index >= 15 is 0 Å². The maximum atomic E-state index is 10.4. The summed E-state index contributed by atoms with van der Waals surface area (Å²) < 4.78 is 0. The van der Waals surface area contributed by atoms with Crippen LogP contribution in [0.2, 0.25) is 0 Å². The van der Waals surface area contributed by atoms with Crippen LogP contribution in [0.5, 0.6) is 0 Å². The highest BCUT2D eigenvalue weighted by molar-refractivity contribution is 5.80. The maximum absolute atomic E-state index is 10.4. The van der Waals surface area contributed by atoms with Crippen LogP contribution in [0.1, 0.15) is 55.4 Å². The Morgan fingerprint density at radius 2 is 1.28 bits per heavy atom. The van der Waals surface area contributed by atoms with E-state index in [0.29, 0.717) is 5.57 Å². The van der Waals surface area contributed by atoms with Crippen molar-refractivity contribution in [1.29, 1.82) is 0 Å². The van der Waals surface area contributed by atoms with Crippen molar-refractivity contribution in [3.8, 4) is 0 Å². The van der Waals surface area contributed by atoms with Crippen molar-refractivity contribution in [2.75, 3.05) is 0 Å². The summed E-state index contributed by atoms with van der Waals surface area (Å²) in [4.78, 5) is 19.9. The smallest absolute Gasteiger partial charge is 0.150 e. The van der Waals surface area contributed by atoms with Crippen LogP contribution in [0.4, 0.5) is 0 Å². The van der Waals surface area contributed by atoms with Gasteiger partial charge in [-0.15, -0.1) is 6.58 Å². The summed E-state index contributed by atoms with van der Waals surface area (Å²) in [7, 11) is 0. The second kappa shape index (κ2) is 18.8. The normalized spacial score (nSPS) is 11.6. The minimum absolute atomic E-state index is 0.0279. The van der Waals surface area contributed by atoms with Crippen LogP contribution in [0.3, 0.4) is 0 Å². The Morgan fingerprint density at radius 3 is 1.48 bits per heavy atom. The molecule has 162 valence electrons. The minimum atomic E-state index is -0.481. The monoisotopic (exact) mass is 400 g/mol. The molecule has 3 nitrogen and oxygen atoms in total. The highest BCUT2D eigenvalue weighted by Crippen LogP contribution is 2.16. The number of allylic oxidation sites excluding steroid dienone is 8. The fourth-order valence-electron chi connectivity index (χ4n) is 1.75. The Labute approximate surface area is 178 Å². The Hall–Kier alpha value is -2.52. The van der Waals surface area contributed by atoms with E-state index in [4.69, 9.17) is 0 Å². The highest BCUT2D eigenvalue weighted by atomic mass is 16.3. The molecule has 0 aromatic rings. The highest BCUT2D eigenvalue weighted by Gasteiger charge is 2.13. The van der Waals surface area contributed by atoms with Gasteiger partial charge in [0.1, 0.15) is 12.6 Å². The molecule has 0 heterocycles. The van der Waals surface area contributed by atoms with Gasteiger partial charge in [-0.3, -0.25) is 9.59 Å². The summed E-state index contributed by atoms with van der Waals surface area (Å²) in [6.07, 6.45) is 9.89. The molecule has 0 rings (SSSR count). The Morgan fingerprint density at radius 1 is 0.793 bits per heavy atom. The number of aliphatic hydroxyl groups excluding tert-OH is 1. The predicted molar refractivity (Wildman–Crippen MR) is 128 cm³/mol. The minimum Gasteiger partial charge on any atom is -0.388 e. The summed E-state index contributed by atoms with van der Waals surface area (Å²) in [6, 6.07) is 0. The first-order chi connectivity index (χ1) is 13.3. The Balaban J connectivity index is -0.000000369. The number of aldehydes is 2. The third-order valence-electron chi connectivity index (χ3n) is 3.31. The van der Waals surface area contributed by atoms with Gasteiger partial charge in [-0.05, 0) is 67.0 Å². The van der Waals surface area contributed by atoms with Crippen LogP contribution in [-0.2, 0) is 9.59 Å². The van der Waals surface area contributed by atoms with Gasteiger partial charge < -0.3 is 5.11 Å². The Kier molecular flexibility index (Phi) is 20.2. The summed E-state index contributed by atoms with van der Waals surface area (Å²) in [5, 5.41) is 9.64. The van der Waals surface area contributed by atoms with E-state index in [-0.39, 0.29) is 5.92 Å². The van der Waals surface area contributed by atoms with Crippen molar-refractivity contribution < 1.29 is 14.7 Å². The molecule has 0 aliphatic carbocycles. The van der Waals surface area contributed by atoms with Crippen LogP contribution in [0, 0.1) is 5.92 Å². The van der Waals surface area contributed by atoms with Gasteiger partial charge in [-0.2, -0.15) is 0 Å². The number of rotatable bonds is 8. The van der Waals surface area contributed by atoms with Gasteiger partial charge >= 0.3 is 0 Å². The molecule has 2 unspecified atom stereocenters. The summed E-state index contributed by atoms with van der Waals surface area (Å²) in [5.74, 6) is -0.0279. The first kappa shape index (κ1) is 31.2. The van der Waals surface area contributed by atoms with Gasteiger partial charge in [0.15, 0.2) is 0 Å². The molecular formula is C26H40O3. The van der Waals surface area contributed by atoms with E-state index in [9.17, 15) is 14.7 Å². The van der Waals surface area contributed by atoms with Crippen LogP contribution in [0.25, 0.3) is 0 Å². The van der Waals surface area contributed by atoms with Gasteiger partial charge in [0.05, 0.1) is 6.10 Å². The number of carbonyl (C=O) groups excluding carboxylic acids is 2. The summed E-state index contributed by atoms with van der Waals surface area (Å²) in [6.45, 7) is 26.5. The molecule has 1 N–H and O–H groups in total. The van der Waals surface area contributed by atoms with E-state index in [1.807, 2.05) is 67.5 Å². The van der Waals surface area contributed by atoms with Crippen LogP contribution >= 0.6 is 0 Å². The fourth-order valence-corrected chi connectivity index (χ4v) is 1.75. The molecule has 0 radical (unpaired) electrons. The molecule has 0 aromatic heterocycles. The van der Waals surface area contributed by atoms with Crippen molar-refractivity contribution in [1.82, 2.24) is 0 Å². The topological polar surface area (TPSA) is 54.4 Å². The van der Waals surface area contributed by atoms with Gasteiger partial charge in [0, 0.05) is 11.5 Å².